The van der Waals surface area contributed by atoms with E-state index in [-0.39, 0.29) is 0 Å². The fourth-order valence-electron chi connectivity index (χ4n) is 3.22. The van der Waals surface area contributed by atoms with Gasteiger partial charge >= 0.3 is 6.09 Å². The zero-order chi connectivity index (χ0) is 17.6. The third-order valence-corrected chi connectivity index (χ3v) is 4.59. The lowest BCUT2D eigenvalue weighted by atomic mass is 9.95. The van der Waals surface area contributed by atoms with E-state index >= 15 is 0 Å². The third kappa shape index (κ3) is 8.37. The van der Waals surface area contributed by atoms with E-state index in [0.717, 1.165) is 24.9 Å². The molecule has 1 rings (SSSR count). The molecule has 0 saturated carbocycles. The maximum absolute atomic E-state index is 11.1. The molecule has 0 atom stereocenters. The molecule has 0 aromatic heterocycles. The summed E-state index contributed by atoms with van der Waals surface area (Å²) in [6.07, 6.45) is 13.6. The Balaban J connectivity index is 2.66. The van der Waals surface area contributed by atoms with E-state index in [4.69, 9.17) is 5.11 Å². The number of carbonyl (C=O) groups is 1. The lowest BCUT2D eigenvalue weighted by molar-refractivity contribution is 0.209. The monoisotopic (exact) mass is 333 g/mol. The van der Waals surface area contributed by atoms with Crippen molar-refractivity contribution in [1.82, 2.24) is 0 Å². The van der Waals surface area contributed by atoms with Crippen LogP contribution in [0.5, 0.6) is 0 Å². The molecule has 0 fully saturated rings. The van der Waals surface area contributed by atoms with E-state index in [1.807, 2.05) is 12.1 Å². The lowest BCUT2D eigenvalue weighted by Crippen LogP contribution is -2.11. The Hall–Kier alpha value is -1.51. The molecule has 0 bridgehead atoms. The van der Waals surface area contributed by atoms with Gasteiger partial charge in [0.2, 0.25) is 0 Å². The molecule has 136 valence electrons. The van der Waals surface area contributed by atoms with Gasteiger partial charge in [0.1, 0.15) is 0 Å². The fourth-order valence-corrected chi connectivity index (χ4v) is 3.22. The molecule has 0 aliphatic rings. The van der Waals surface area contributed by atoms with Gasteiger partial charge in [0, 0.05) is 5.69 Å². The van der Waals surface area contributed by atoms with Crippen LogP contribution in [0.2, 0.25) is 0 Å². The number of carboxylic acid groups (broad SMARTS) is 1. The number of hydrogen-bond donors (Lipinski definition) is 2. The standard InChI is InChI=1S/C21H35NO2/c1-3-5-7-9-11-14-18-15-13-17-20(22-21(23)24)19(18)16-12-10-8-6-4-2/h13,15,17,22H,3-12,14,16H2,1-2H3,(H,23,24). The van der Waals surface area contributed by atoms with Crippen LogP contribution in [0.1, 0.15) is 89.2 Å². The van der Waals surface area contributed by atoms with Gasteiger partial charge in [-0.2, -0.15) is 0 Å². The summed E-state index contributed by atoms with van der Waals surface area (Å²) in [5, 5.41) is 11.7. The smallest absolute Gasteiger partial charge is 0.409 e. The number of hydrogen-bond acceptors (Lipinski definition) is 1. The van der Waals surface area contributed by atoms with Crippen LogP contribution in [0, 0.1) is 0 Å². The minimum Gasteiger partial charge on any atom is -0.465 e. The number of aryl methyl sites for hydroxylation is 1. The summed E-state index contributed by atoms with van der Waals surface area (Å²) in [5.41, 5.74) is 3.32. The molecule has 0 radical (unpaired) electrons. The Morgan fingerprint density at radius 1 is 0.875 bits per heavy atom. The van der Waals surface area contributed by atoms with E-state index in [1.165, 1.54) is 68.9 Å². The average Bonchev–Trinajstić information content (AvgIpc) is 2.55. The van der Waals surface area contributed by atoms with Gasteiger partial charge in [0.25, 0.3) is 0 Å². The van der Waals surface area contributed by atoms with Gasteiger partial charge < -0.3 is 5.11 Å². The van der Waals surface area contributed by atoms with Gasteiger partial charge in [-0.05, 0) is 42.9 Å². The van der Waals surface area contributed by atoms with E-state index in [0.29, 0.717) is 0 Å². The molecule has 0 unspecified atom stereocenters. The molecule has 1 amide bonds. The van der Waals surface area contributed by atoms with Crippen molar-refractivity contribution in [2.45, 2.75) is 90.9 Å². The van der Waals surface area contributed by atoms with Crippen molar-refractivity contribution in [2.75, 3.05) is 5.32 Å². The van der Waals surface area contributed by atoms with Crippen LogP contribution in [-0.2, 0) is 12.8 Å². The second-order valence-corrected chi connectivity index (χ2v) is 6.70. The van der Waals surface area contributed by atoms with Crippen LogP contribution in [0.3, 0.4) is 0 Å². The molecule has 3 nitrogen and oxygen atoms in total. The summed E-state index contributed by atoms with van der Waals surface area (Å²) in [6, 6.07) is 6.05. The minimum atomic E-state index is -0.970. The molecule has 3 heteroatoms. The van der Waals surface area contributed by atoms with Crippen molar-refractivity contribution in [3.8, 4) is 0 Å². The van der Waals surface area contributed by atoms with Crippen molar-refractivity contribution in [1.29, 1.82) is 0 Å². The molecule has 0 aliphatic carbocycles. The largest absolute Gasteiger partial charge is 0.465 e. The molecular formula is C21H35NO2. The Morgan fingerprint density at radius 3 is 2.04 bits per heavy atom. The molecule has 24 heavy (non-hydrogen) atoms. The molecule has 1 aromatic rings. The Labute approximate surface area is 147 Å². The number of amides is 1. The van der Waals surface area contributed by atoms with Crippen LogP contribution < -0.4 is 5.32 Å². The maximum Gasteiger partial charge on any atom is 0.409 e. The van der Waals surface area contributed by atoms with Crippen molar-refractivity contribution >= 4 is 11.8 Å². The maximum atomic E-state index is 11.1. The van der Waals surface area contributed by atoms with E-state index in [9.17, 15) is 4.79 Å². The number of unbranched alkanes of at least 4 members (excludes halogenated alkanes) is 8. The highest BCUT2D eigenvalue weighted by Crippen LogP contribution is 2.25. The lowest BCUT2D eigenvalue weighted by Gasteiger charge is -2.15. The number of nitrogens with one attached hydrogen (secondary N) is 1. The topological polar surface area (TPSA) is 49.3 Å². The molecular weight excluding hydrogens is 298 g/mol. The number of benzene rings is 1. The number of rotatable bonds is 13. The zero-order valence-electron chi connectivity index (χ0n) is 15.6. The van der Waals surface area contributed by atoms with Gasteiger partial charge in [-0.25, -0.2) is 4.79 Å². The van der Waals surface area contributed by atoms with Crippen LogP contribution in [0.15, 0.2) is 18.2 Å². The van der Waals surface area contributed by atoms with Crippen LogP contribution in [-0.4, -0.2) is 11.2 Å². The first kappa shape index (κ1) is 20.5. The predicted octanol–water partition coefficient (Wildman–Crippen LogP) is 6.80. The predicted molar refractivity (Wildman–Crippen MR) is 103 cm³/mol. The van der Waals surface area contributed by atoms with E-state index in [1.54, 1.807) is 0 Å². The quantitative estimate of drug-likeness (QED) is 0.390. The summed E-state index contributed by atoms with van der Waals surface area (Å²) in [6.45, 7) is 4.46. The van der Waals surface area contributed by atoms with Gasteiger partial charge in [-0.1, -0.05) is 77.3 Å². The third-order valence-electron chi connectivity index (χ3n) is 4.59. The normalized spacial score (nSPS) is 10.8. The fraction of sp³-hybridized carbons (Fsp3) is 0.667. The van der Waals surface area contributed by atoms with Crippen LogP contribution >= 0.6 is 0 Å². The van der Waals surface area contributed by atoms with Gasteiger partial charge in [-0.15, -0.1) is 0 Å². The first-order valence-electron chi connectivity index (χ1n) is 9.79. The van der Waals surface area contributed by atoms with E-state index in [2.05, 4.69) is 25.2 Å². The van der Waals surface area contributed by atoms with Gasteiger partial charge in [0.05, 0.1) is 0 Å². The molecule has 1 aromatic carbocycles. The zero-order valence-corrected chi connectivity index (χ0v) is 15.6. The molecule has 0 saturated heterocycles. The minimum absolute atomic E-state index is 0.782. The van der Waals surface area contributed by atoms with Crippen molar-refractivity contribution in [3.05, 3.63) is 29.3 Å². The molecule has 0 heterocycles. The first-order chi connectivity index (χ1) is 11.7. The van der Waals surface area contributed by atoms with Crippen LogP contribution in [0.4, 0.5) is 10.5 Å². The number of anilines is 1. The van der Waals surface area contributed by atoms with Crippen molar-refractivity contribution in [3.63, 3.8) is 0 Å². The SMILES string of the molecule is CCCCCCCc1cccc(NC(=O)O)c1CCCCCCC. The molecule has 0 aliphatic heterocycles. The Bertz CT molecular complexity index is 471. The summed E-state index contributed by atoms with van der Waals surface area (Å²) in [7, 11) is 0. The van der Waals surface area contributed by atoms with Gasteiger partial charge in [0.15, 0.2) is 0 Å². The van der Waals surface area contributed by atoms with Gasteiger partial charge in [-0.3, -0.25) is 5.32 Å². The van der Waals surface area contributed by atoms with E-state index < -0.39 is 6.09 Å². The van der Waals surface area contributed by atoms with Crippen molar-refractivity contribution in [2.24, 2.45) is 0 Å². The highest BCUT2D eigenvalue weighted by atomic mass is 16.4. The molecule has 0 spiro atoms. The highest BCUT2D eigenvalue weighted by Gasteiger charge is 2.10. The summed E-state index contributed by atoms with van der Waals surface area (Å²) in [5.74, 6) is 0. The average molecular weight is 334 g/mol. The highest BCUT2D eigenvalue weighted by molar-refractivity contribution is 5.84. The summed E-state index contributed by atoms with van der Waals surface area (Å²) >= 11 is 0. The summed E-state index contributed by atoms with van der Waals surface area (Å²) < 4.78 is 0. The second-order valence-electron chi connectivity index (χ2n) is 6.70. The summed E-state index contributed by atoms with van der Waals surface area (Å²) in [4.78, 5) is 11.1. The Morgan fingerprint density at radius 2 is 1.46 bits per heavy atom. The Kier molecular flexibility index (Phi) is 11.0. The molecule has 2 N–H and O–H groups in total. The van der Waals surface area contributed by atoms with Crippen LogP contribution in [0.25, 0.3) is 0 Å². The second kappa shape index (κ2) is 12.9. The van der Waals surface area contributed by atoms with Crippen molar-refractivity contribution < 1.29 is 9.90 Å². The first-order valence-corrected chi connectivity index (χ1v) is 9.79.